The van der Waals surface area contributed by atoms with Gasteiger partial charge in [-0.25, -0.2) is 0 Å². The van der Waals surface area contributed by atoms with Gasteiger partial charge in [0.2, 0.25) is 0 Å². The maximum absolute atomic E-state index is 12.5. The Kier molecular flexibility index (Phi) is 2.26. The predicted octanol–water partition coefficient (Wildman–Crippen LogP) is 2.58. The van der Waals surface area contributed by atoms with Crippen molar-refractivity contribution in [2.75, 3.05) is 0 Å². The molecule has 0 aromatic heterocycles. The van der Waals surface area contributed by atoms with Gasteiger partial charge in [-0.05, 0) is 33.4 Å². The van der Waals surface area contributed by atoms with Crippen LogP contribution in [0.25, 0.3) is 0 Å². The Labute approximate surface area is 134 Å². The maximum atomic E-state index is 12.5. The molecule has 3 aromatic rings. The van der Waals surface area contributed by atoms with Gasteiger partial charge < -0.3 is 9.90 Å². The van der Waals surface area contributed by atoms with E-state index in [-0.39, 0.29) is 5.92 Å². The predicted molar refractivity (Wildman–Crippen MR) is 85.2 cm³/mol. The van der Waals surface area contributed by atoms with E-state index >= 15 is 0 Å². The van der Waals surface area contributed by atoms with Crippen molar-refractivity contribution in [3.63, 3.8) is 0 Å². The third kappa shape index (κ3) is 1.28. The molecule has 3 aliphatic rings. The molecule has 3 aromatic carbocycles. The number of rotatable bonds is 1. The molecule has 2 bridgehead atoms. The summed E-state index contributed by atoms with van der Waals surface area (Å²) in [6, 6.07) is 23.6. The minimum Gasteiger partial charge on any atom is -0.548 e. The van der Waals surface area contributed by atoms with Gasteiger partial charge in [-0.15, -0.1) is 0 Å². The fourth-order valence-electron chi connectivity index (χ4n) is 4.54. The summed E-state index contributed by atoms with van der Waals surface area (Å²) in [4.78, 5) is 12.5. The minimum atomic E-state index is -1.21. The van der Waals surface area contributed by atoms with Crippen LogP contribution in [-0.4, -0.2) is 5.97 Å². The second kappa shape index (κ2) is 4.11. The summed E-state index contributed by atoms with van der Waals surface area (Å²) in [5.74, 6) is -0.956. The highest BCUT2D eigenvalue weighted by Crippen LogP contribution is 2.58. The number of hydrogen-bond acceptors (Lipinski definition) is 2. The van der Waals surface area contributed by atoms with E-state index in [9.17, 15) is 9.90 Å². The molecule has 0 saturated carbocycles. The lowest BCUT2D eigenvalue weighted by Gasteiger charge is -2.51. The second-order valence-electron chi connectivity index (χ2n) is 6.23. The van der Waals surface area contributed by atoms with Crippen molar-refractivity contribution in [1.82, 2.24) is 0 Å². The van der Waals surface area contributed by atoms with Gasteiger partial charge in [-0.3, -0.25) is 0 Å². The zero-order valence-electron chi connectivity index (χ0n) is 12.3. The minimum absolute atomic E-state index is 0.0971. The van der Waals surface area contributed by atoms with E-state index in [0.717, 1.165) is 33.4 Å². The van der Waals surface area contributed by atoms with Gasteiger partial charge in [-0.2, -0.15) is 0 Å². The van der Waals surface area contributed by atoms with E-state index in [2.05, 4.69) is 0 Å². The highest BCUT2D eigenvalue weighted by atomic mass is 16.4. The van der Waals surface area contributed by atoms with Crippen molar-refractivity contribution in [3.8, 4) is 0 Å². The Bertz CT molecular complexity index is 855. The maximum Gasteiger partial charge on any atom is 0.0856 e. The first-order valence-corrected chi connectivity index (χ1v) is 7.76. The highest BCUT2D eigenvalue weighted by molar-refractivity contribution is 5.95. The molecule has 0 amide bonds. The summed E-state index contributed by atoms with van der Waals surface area (Å²) in [5, 5.41) is 12.5. The first-order chi connectivity index (χ1) is 11.3. The van der Waals surface area contributed by atoms with Gasteiger partial charge in [0.1, 0.15) is 0 Å². The molecule has 110 valence electrons. The Morgan fingerprint density at radius 2 is 1.04 bits per heavy atom. The second-order valence-corrected chi connectivity index (χ2v) is 6.23. The summed E-state index contributed by atoms with van der Waals surface area (Å²) in [6.45, 7) is 0. The number of carboxylic acid groups (broad SMARTS) is 1. The fraction of sp³-hybridized carbons (Fsp3) is 0.0952. The molecule has 2 nitrogen and oxygen atoms in total. The summed E-state index contributed by atoms with van der Waals surface area (Å²) < 4.78 is 0. The van der Waals surface area contributed by atoms with Crippen LogP contribution in [0.3, 0.4) is 0 Å². The van der Waals surface area contributed by atoms with Crippen molar-refractivity contribution >= 4 is 5.97 Å². The fourth-order valence-corrected chi connectivity index (χ4v) is 4.54. The lowest BCUT2D eigenvalue weighted by atomic mass is 9.53. The third-order valence-electron chi connectivity index (χ3n) is 5.33. The van der Waals surface area contributed by atoms with Crippen molar-refractivity contribution in [3.05, 3.63) is 106 Å². The average molecular weight is 297 g/mol. The molecule has 23 heavy (non-hydrogen) atoms. The molecular weight excluding hydrogens is 284 g/mol. The topological polar surface area (TPSA) is 40.1 Å². The van der Waals surface area contributed by atoms with Crippen LogP contribution in [0.2, 0.25) is 0 Å². The van der Waals surface area contributed by atoms with Crippen LogP contribution in [-0.2, 0) is 10.2 Å². The number of hydrogen-bond donors (Lipinski definition) is 0. The van der Waals surface area contributed by atoms with Crippen LogP contribution in [0.15, 0.2) is 72.8 Å². The lowest BCUT2D eigenvalue weighted by Crippen LogP contribution is -2.53. The van der Waals surface area contributed by atoms with Crippen LogP contribution < -0.4 is 5.11 Å². The normalized spacial score (nSPS) is 22.9. The van der Waals surface area contributed by atoms with Gasteiger partial charge in [0.25, 0.3) is 0 Å². The van der Waals surface area contributed by atoms with Gasteiger partial charge >= 0.3 is 0 Å². The van der Waals surface area contributed by atoms with E-state index in [4.69, 9.17) is 0 Å². The summed E-state index contributed by atoms with van der Waals surface area (Å²) in [5.41, 5.74) is 4.57. The monoisotopic (exact) mass is 297 g/mol. The molecule has 0 spiro atoms. The molecule has 6 rings (SSSR count). The van der Waals surface area contributed by atoms with E-state index in [1.807, 2.05) is 72.8 Å². The molecular formula is C21H13O2-. The zero-order chi connectivity index (χ0) is 15.6. The Hall–Kier alpha value is -2.87. The van der Waals surface area contributed by atoms with E-state index < -0.39 is 11.4 Å². The Balaban J connectivity index is 2.04. The third-order valence-corrected chi connectivity index (χ3v) is 5.33. The molecule has 0 N–H and O–H groups in total. The van der Waals surface area contributed by atoms with Gasteiger partial charge in [0.05, 0.1) is 11.4 Å². The smallest absolute Gasteiger partial charge is 0.0856 e. The van der Waals surface area contributed by atoms with E-state index in [1.54, 1.807) is 0 Å². The number of aliphatic carboxylic acids is 1. The number of carbonyl (C=O) groups excluding carboxylic acids is 1. The average Bonchev–Trinajstić information content (AvgIpc) is 2.61. The first-order valence-electron chi connectivity index (χ1n) is 7.76. The molecule has 0 atom stereocenters. The van der Waals surface area contributed by atoms with Crippen LogP contribution in [0.5, 0.6) is 0 Å². The van der Waals surface area contributed by atoms with E-state index in [1.165, 1.54) is 0 Å². The van der Waals surface area contributed by atoms with Crippen molar-refractivity contribution < 1.29 is 9.90 Å². The summed E-state index contributed by atoms with van der Waals surface area (Å²) in [7, 11) is 0. The number of benzene rings is 3. The van der Waals surface area contributed by atoms with Crippen LogP contribution in [0.1, 0.15) is 39.3 Å². The number of carboxylic acids is 1. The lowest BCUT2D eigenvalue weighted by molar-refractivity contribution is -0.310. The summed E-state index contributed by atoms with van der Waals surface area (Å²) in [6.07, 6.45) is 0. The molecule has 0 aliphatic heterocycles. The molecule has 0 unspecified atom stereocenters. The first kappa shape index (κ1) is 12.7. The van der Waals surface area contributed by atoms with Gasteiger partial charge in [-0.1, -0.05) is 72.8 Å². The Morgan fingerprint density at radius 3 is 1.39 bits per heavy atom. The molecule has 2 heteroatoms. The standard InChI is InChI=1S/C21H14O2/c22-20(23)21-16-10-4-1-7-13(16)19(14-8-2-5-11-17(14)21)15-9-3-6-12-18(15)21/h1-12,19H,(H,22,23)/p-1. The van der Waals surface area contributed by atoms with E-state index in [0.29, 0.717) is 0 Å². The largest absolute Gasteiger partial charge is 0.548 e. The van der Waals surface area contributed by atoms with Crippen molar-refractivity contribution in [2.45, 2.75) is 11.3 Å². The van der Waals surface area contributed by atoms with Crippen molar-refractivity contribution in [1.29, 1.82) is 0 Å². The number of carbonyl (C=O) groups is 1. The highest BCUT2D eigenvalue weighted by Gasteiger charge is 2.52. The zero-order valence-corrected chi connectivity index (χ0v) is 12.3. The molecule has 0 fully saturated rings. The van der Waals surface area contributed by atoms with Gasteiger partial charge in [0.15, 0.2) is 0 Å². The van der Waals surface area contributed by atoms with Crippen LogP contribution in [0, 0.1) is 0 Å². The molecule has 3 aliphatic carbocycles. The summed E-state index contributed by atoms with van der Waals surface area (Å²) >= 11 is 0. The molecule has 0 saturated heterocycles. The van der Waals surface area contributed by atoms with Crippen LogP contribution >= 0.6 is 0 Å². The quantitative estimate of drug-likeness (QED) is 0.692. The van der Waals surface area contributed by atoms with Crippen LogP contribution in [0.4, 0.5) is 0 Å². The molecule has 0 radical (unpaired) electrons. The van der Waals surface area contributed by atoms with Crippen molar-refractivity contribution in [2.24, 2.45) is 0 Å². The SMILES string of the molecule is O=C([O-])C12c3ccccc3C(c3ccccc31)c1ccccc12. The molecule has 0 heterocycles. The van der Waals surface area contributed by atoms with Gasteiger partial charge in [0, 0.05) is 5.92 Å². The Morgan fingerprint density at radius 1 is 0.696 bits per heavy atom.